The first-order valence-corrected chi connectivity index (χ1v) is 15.0. The first kappa shape index (κ1) is 30.2. The number of anilines is 2. The van der Waals surface area contributed by atoms with E-state index in [9.17, 15) is 29.4 Å². The molecule has 2 aromatic rings. The minimum atomic E-state index is -1.78. The van der Waals surface area contributed by atoms with E-state index < -0.39 is 46.5 Å². The van der Waals surface area contributed by atoms with Crippen LogP contribution >= 0.6 is 23.3 Å². The number of aromatic nitrogens is 3. The summed E-state index contributed by atoms with van der Waals surface area (Å²) in [5, 5.41) is 28.3. The van der Waals surface area contributed by atoms with Crippen molar-refractivity contribution in [1.29, 1.82) is 0 Å². The van der Waals surface area contributed by atoms with Crippen molar-refractivity contribution in [2.75, 3.05) is 42.6 Å². The van der Waals surface area contributed by atoms with Crippen LogP contribution in [0.3, 0.4) is 0 Å². The Morgan fingerprint density at radius 3 is 2.56 bits per heavy atom. The summed E-state index contributed by atoms with van der Waals surface area (Å²) in [6.07, 6.45) is 3.77. The zero-order chi connectivity index (χ0) is 30.9. The topological polar surface area (TPSA) is 217 Å². The van der Waals surface area contributed by atoms with Crippen LogP contribution < -0.4 is 25.8 Å². The van der Waals surface area contributed by atoms with Crippen LogP contribution in [-0.4, -0.2) is 103 Å². The predicted octanol–water partition coefficient (Wildman–Crippen LogP) is -1.16. The van der Waals surface area contributed by atoms with Gasteiger partial charge in [0.1, 0.15) is 17.1 Å². The number of pyridine rings is 1. The van der Waals surface area contributed by atoms with Gasteiger partial charge in [-0.25, -0.2) is 14.2 Å². The number of aliphatic carboxylic acids is 2. The smallest absolute Gasteiger partial charge is 0.352 e. The molecule has 3 aliphatic rings. The molecule has 0 aliphatic carbocycles. The number of fused-ring (bicyclic) bond motifs is 1. The van der Waals surface area contributed by atoms with Gasteiger partial charge in [-0.3, -0.25) is 14.5 Å². The molecule has 0 saturated carbocycles. The number of nitrogens with zero attached hydrogens (tertiary/aromatic N) is 6. The molecule has 18 heteroatoms. The van der Waals surface area contributed by atoms with Crippen molar-refractivity contribution in [1.82, 2.24) is 24.9 Å². The van der Waals surface area contributed by atoms with Crippen LogP contribution in [-0.2, 0) is 30.6 Å². The maximum Gasteiger partial charge on any atom is 0.352 e. The van der Waals surface area contributed by atoms with Crippen molar-refractivity contribution in [2.45, 2.75) is 37.4 Å². The van der Waals surface area contributed by atoms with E-state index in [1.807, 2.05) is 29.1 Å². The maximum atomic E-state index is 13.2. The highest BCUT2D eigenvalue weighted by molar-refractivity contribution is 8.00. The van der Waals surface area contributed by atoms with Crippen LogP contribution in [0, 0.1) is 0 Å². The van der Waals surface area contributed by atoms with Crippen LogP contribution in [0.5, 0.6) is 0 Å². The van der Waals surface area contributed by atoms with Gasteiger partial charge in [0, 0.05) is 66.9 Å². The van der Waals surface area contributed by atoms with Gasteiger partial charge in [-0.05, 0) is 13.8 Å². The van der Waals surface area contributed by atoms with E-state index in [0.29, 0.717) is 11.3 Å². The number of nitrogens with two attached hydrogens (primary N) is 1. The van der Waals surface area contributed by atoms with E-state index >= 15 is 0 Å². The van der Waals surface area contributed by atoms with Gasteiger partial charge in [0.15, 0.2) is 24.1 Å². The van der Waals surface area contributed by atoms with Gasteiger partial charge in [-0.2, -0.15) is 9.36 Å². The van der Waals surface area contributed by atoms with Crippen molar-refractivity contribution in [3.05, 3.63) is 41.6 Å². The summed E-state index contributed by atoms with van der Waals surface area (Å²) < 4.78 is 5.81. The number of oxime groups is 1. The van der Waals surface area contributed by atoms with Crippen molar-refractivity contribution >= 4 is 63.6 Å². The molecule has 6 N–H and O–H groups in total. The van der Waals surface area contributed by atoms with E-state index in [4.69, 9.17) is 10.6 Å². The van der Waals surface area contributed by atoms with Gasteiger partial charge < -0.3 is 36.3 Å². The molecule has 2 aromatic heterocycles. The monoisotopic (exact) mass is 632 g/mol. The number of amides is 2. The Morgan fingerprint density at radius 2 is 1.95 bits per heavy atom. The minimum absolute atomic E-state index is 0.0294. The lowest BCUT2D eigenvalue weighted by Gasteiger charge is -2.49. The number of carboxylic acid groups (broad SMARTS) is 2. The molecule has 2 saturated heterocycles. The highest BCUT2D eigenvalue weighted by atomic mass is 32.2. The highest BCUT2D eigenvalue weighted by Crippen LogP contribution is 2.40. The van der Waals surface area contributed by atoms with E-state index in [0.717, 1.165) is 43.4 Å². The molecule has 0 spiro atoms. The molecule has 0 unspecified atom stereocenters. The largest absolute Gasteiger partial charge is 0.478 e. The molecular weight excluding hydrogens is 602 g/mol. The van der Waals surface area contributed by atoms with E-state index in [1.54, 1.807) is 0 Å². The maximum absolute atomic E-state index is 13.2. The molecule has 3 aliphatic heterocycles. The number of carboxylic acids is 2. The summed E-state index contributed by atoms with van der Waals surface area (Å²) in [5.41, 5.74) is 4.89. The number of rotatable bonds is 10. The number of thioether (sulfide) groups is 1. The zero-order valence-electron chi connectivity index (χ0n) is 23.2. The summed E-state index contributed by atoms with van der Waals surface area (Å²) in [7, 11) is 0. The average molecular weight is 633 g/mol. The van der Waals surface area contributed by atoms with Crippen LogP contribution in [0.2, 0.25) is 0 Å². The number of carbonyl (C=O) groups is 4. The van der Waals surface area contributed by atoms with Gasteiger partial charge in [0.05, 0.1) is 0 Å². The fraction of sp³-hybridized carbons (Fsp3) is 0.440. The molecule has 16 nitrogen and oxygen atoms in total. The number of carbonyl (C=O) groups excluding carboxylic acids is 2. The van der Waals surface area contributed by atoms with E-state index in [1.165, 1.54) is 30.5 Å². The lowest BCUT2D eigenvalue weighted by molar-refractivity contribution is -0.689. The lowest BCUT2D eigenvalue weighted by Crippen LogP contribution is -2.71. The number of β-lactam (4-membered cyclic amide) rings is 1. The summed E-state index contributed by atoms with van der Waals surface area (Å²) in [5.74, 6) is -4.00. The Morgan fingerprint density at radius 1 is 1.26 bits per heavy atom. The third kappa shape index (κ3) is 6.25. The van der Waals surface area contributed by atoms with Crippen LogP contribution in [0.1, 0.15) is 19.7 Å². The summed E-state index contributed by atoms with van der Waals surface area (Å²) >= 11 is 2.10. The second-order valence-electron chi connectivity index (χ2n) is 10.4. The molecule has 0 bridgehead atoms. The molecule has 5 rings (SSSR count). The van der Waals surface area contributed by atoms with Crippen molar-refractivity contribution in [3.8, 4) is 0 Å². The van der Waals surface area contributed by atoms with Crippen molar-refractivity contribution < 1.29 is 38.8 Å². The summed E-state index contributed by atoms with van der Waals surface area (Å²) in [4.78, 5) is 62.6. The third-order valence-corrected chi connectivity index (χ3v) is 8.90. The van der Waals surface area contributed by atoms with E-state index in [2.05, 4.69) is 30.0 Å². The molecule has 2 fully saturated rings. The second kappa shape index (κ2) is 12.1. The fourth-order valence-electron chi connectivity index (χ4n) is 4.64. The Balaban J connectivity index is 1.31. The van der Waals surface area contributed by atoms with Gasteiger partial charge in [-0.1, -0.05) is 5.16 Å². The first-order valence-electron chi connectivity index (χ1n) is 13.2. The molecule has 0 radical (unpaired) electrons. The SMILES string of the molecule is CC(C)(O/N=C(\C(=O)N[C@@H]1C(=O)N2C(C(=O)O)=C(C[n+]3ccc(N4CCNCC4)cc3)CS[C@H]12)c1nsc(N)n1)C(=O)O. The van der Waals surface area contributed by atoms with Gasteiger partial charge in [0.2, 0.25) is 17.1 Å². The van der Waals surface area contributed by atoms with Crippen LogP contribution in [0.15, 0.2) is 41.0 Å². The van der Waals surface area contributed by atoms with Gasteiger partial charge in [0.25, 0.3) is 11.8 Å². The number of nitrogen functional groups attached to an aromatic ring is 1. The number of piperazine rings is 1. The first-order chi connectivity index (χ1) is 20.5. The van der Waals surface area contributed by atoms with Crippen molar-refractivity contribution in [3.63, 3.8) is 0 Å². The molecule has 5 heterocycles. The molecule has 228 valence electrons. The van der Waals surface area contributed by atoms with Crippen molar-refractivity contribution in [2.24, 2.45) is 5.16 Å². The quantitative estimate of drug-likeness (QED) is 0.0905. The lowest BCUT2D eigenvalue weighted by atomic mass is 10.0. The Hall–Kier alpha value is -4.29. The molecule has 43 heavy (non-hydrogen) atoms. The molecule has 2 amide bonds. The summed E-state index contributed by atoms with van der Waals surface area (Å²) in [6.45, 7) is 6.37. The zero-order valence-corrected chi connectivity index (χ0v) is 24.9. The number of nitrogens with one attached hydrogen (secondary N) is 2. The van der Waals surface area contributed by atoms with Crippen LogP contribution in [0.25, 0.3) is 0 Å². The minimum Gasteiger partial charge on any atom is -0.478 e. The number of hydrogen-bond donors (Lipinski definition) is 5. The molecule has 0 aromatic carbocycles. The summed E-state index contributed by atoms with van der Waals surface area (Å²) in [6, 6.07) is 2.89. The molecular formula is C25H30N9O7S2+. The normalized spacial score (nSPS) is 20.8. The van der Waals surface area contributed by atoms with Crippen LogP contribution in [0.4, 0.5) is 10.8 Å². The van der Waals surface area contributed by atoms with E-state index in [-0.39, 0.29) is 23.2 Å². The Kier molecular flexibility index (Phi) is 8.52. The predicted molar refractivity (Wildman–Crippen MR) is 155 cm³/mol. The standard InChI is InChI=1S/C25H29N9O7S2/c1-25(2,23(39)40)41-30-15(18-29-24(26)43-31-18)19(35)28-16-20(36)34-17(22(37)38)13(12-42-21(16)34)11-32-7-3-14(4-8-32)33-9-5-27-6-10-33/h3-4,7-8,16,21,27H,5-6,9-12H2,1-2H3,(H4-,26,28,29,31,35,37,38,39,40)/p+1/b30-15-/t16-,21-/m1/s1. The molecule has 2 atom stereocenters. The highest BCUT2D eigenvalue weighted by Gasteiger charge is 2.55. The third-order valence-electron chi connectivity index (χ3n) is 7.01. The van der Waals surface area contributed by atoms with Gasteiger partial charge >= 0.3 is 11.9 Å². The number of hydrogen-bond acceptors (Lipinski definition) is 13. The second-order valence-corrected chi connectivity index (χ2v) is 12.3. The Labute approximate surface area is 253 Å². The fourth-order valence-corrected chi connectivity index (χ4v) is 6.41. The average Bonchev–Trinajstić information content (AvgIpc) is 3.41. The Bertz CT molecular complexity index is 1500. The van der Waals surface area contributed by atoms with Gasteiger partial charge in [-0.15, -0.1) is 11.8 Å².